The van der Waals surface area contributed by atoms with Gasteiger partial charge in [0.05, 0.1) is 5.69 Å². The van der Waals surface area contributed by atoms with Gasteiger partial charge in [-0.05, 0) is 26.0 Å². The van der Waals surface area contributed by atoms with Gasteiger partial charge in [-0.2, -0.15) is 0 Å². The van der Waals surface area contributed by atoms with Crippen molar-refractivity contribution in [1.29, 1.82) is 0 Å². The highest BCUT2D eigenvalue weighted by Gasteiger charge is 2.39. The van der Waals surface area contributed by atoms with E-state index in [2.05, 4.69) is 0 Å². The third-order valence-corrected chi connectivity index (χ3v) is 2.55. The SMILES string of the molecule is CN1C(=O)C(C)(C)Oc2cccc(N)c21. The fourth-order valence-corrected chi connectivity index (χ4v) is 1.80. The van der Waals surface area contributed by atoms with Crippen LogP contribution >= 0.6 is 0 Å². The summed E-state index contributed by atoms with van der Waals surface area (Å²) in [6.45, 7) is 3.50. The largest absolute Gasteiger partial charge is 0.476 e. The first-order valence-corrected chi connectivity index (χ1v) is 4.79. The van der Waals surface area contributed by atoms with E-state index in [1.54, 1.807) is 31.9 Å². The zero-order valence-electron chi connectivity index (χ0n) is 9.07. The molecule has 0 bridgehead atoms. The Kier molecular flexibility index (Phi) is 1.89. The molecule has 0 spiro atoms. The minimum Gasteiger partial charge on any atom is -0.476 e. The highest BCUT2D eigenvalue weighted by Crippen LogP contribution is 2.40. The lowest BCUT2D eigenvalue weighted by Gasteiger charge is -2.37. The van der Waals surface area contributed by atoms with Gasteiger partial charge in [-0.1, -0.05) is 6.07 Å². The summed E-state index contributed by atoms with van der Waals surface area (Å²) in [5.74, 6) is 0.565. The van der Waals surface area contributed by atoms with Crippen molar-refractivity contribution in [2.75, 3.05) is 17.7 Å². The standard InChI is InChI=1S/C11H14N2O2/c1-11(2)10(14)13(3)9-7(12)5-4-6-8(9)15-11/h4-6H,12H2,1-3H3. The Morgan fingerprint density at radius 2 is 2.07 bits per heavy atom. The minimum atomic E-state index is -0.824. The van der Waals surface area contributed by atoms with Crippen LogP contribution in [0.4, 0.5) is 11.4 Å². The number of ether oxygens (including phenoxy) is 1. The Balaban J connectivity index is 2.60. The van der Waals surface area contributed by atoms with Crippen LogP contribution in [-0.2, 0) is 4.79 Å². The lowest BCUT2D eigenvalue weighted by Crippen LogP contribution is -2.51. The lowest BCUT2D eigenvalue weighted by molar-refractivity contribution is -0.132. The molecule has 0 saturated carbocycles. The Morgan fingerprint density at radius 3 is 2.73 bits per heavy atom. The molecule has 4 nitrogen and oxygen atoms in total. The number of likely N-dealkylation sites (N-methyl/N-ethyl adjacent to an activating group) is 1. The van der Waals surface area contributed by atoms with Crippen LogP contribution in [0.1, 0.15) is 13.8 Å². The van der Waals surface area contributed by atoms with Gasteiger partial charge in [0.1, 0.15) is 11.4 Å². The minimum absolute atomic E-state index is 0.0899. The second-order valence-corrected chi connectivity index (χ2v) is 4.17. The van der Waals surface area contributed by atoms with Crippen molar-refractivity contribution < 1.29 is 9.53 Å². The van der Waals surface area contributed by atoms with E-state index in [4.69, 9.17) is 10.5 Å². The molecule has 1 aromatic carbocycles. The van der Waals surface area contributed by atoms with Crippen molar-refractivity contribution in [1.82, 2.24) is 0 Å². The number of nitrogen functional groups attached to an aromatic ring is 1. The molecule has 0 aliphatic carbocycles. The smallest absolute Gasteiger partial charge is 0.270 e. The normalized spacial score (nSPS) is 18.3. The summed E-state index contributed by atoms with van der Waals surface area (Å²) >= 11 is 0. The maximum Gasteiger partial charge on any atom is 0.270 e. The summed E-state index contributed by atoms with van der Waals surface area (Å²) in [6, 6.07) is 5.38. The first-order chi connectivity index (χ1) is 6.93. The fraction of sp³-hybridized carbons (Fsp3) is 0.364. The molecule has 4 heteroatoms. The van der Waals surface area contributed by atoms with E-state index in [1.165, 1.54) is 0 Å². The second kappa shape index (κ2) is 2.89. The van der Waals surface area contributed by atoms with E-state index in [0.29, 0.717) is 17.1 Å². The molecule has 0 unspecified atom stereocenters. The van der Waals surface area contributed by atoms with Crippen LogP contribution in [0.15, 0.2) is 18.2 Å². The van der Waals surface area contributed by atoms with Crippen molar-refractivity contribution in [2.45, 2.75) is 19.4 Å². The summed E-state index contributed by atoms with van der Waals surface area (Å²) in [5, 5.41) is 0. The topological polar surface area (TPSA) is 55.6 Å². The third kappa shape index (κ3) is 1.33. The third-order valence-electron chi connectivity index (χ3n) is 2.55. The molecule has 0 saturated heterocycles. The predicted molar refractivity (Wildman–Crippen MR) is 59.0 cm³/mol. The molecule has 1 aliphatic rings. The van der Waals surface area contributed by atoms with Gasteiger partial charge in [-0.3, -0.25) is 4.79 Å². The van der Waals surface area contributed by atoms with E-state index >= 15 is 0 Å². The number of hydrogen-bond acceptors (Lipinski definition) is 3. The summed E-state index contributed by atoms with van der Waals surface area (Å²) in [7, 11) is 1.71. The monoisotopic (exact) mass is 206 g/mol. The molecule has 80 valence electrons. The Morgan fingerprint density at radius 1 is 1.40 bits per heavy atom. The summed E-state index contributed by atoms with van der Waals surface area (Å²) < 4.78 is 5.61. The quantitative estimate of drug-likeness (QED) is 0.653. The Bertz CT molecular complexity index is 427. The molecule has 2 N–H and O–H groups in total. The molecule has 1 amide bonds. The van der Waals surface area contributed by atoms with Crippen LogP contribution < -0.4 is 15.4 Å². The van der Waals surface area contributed by atoms with Crippen LogP contribution in [0.25, 0.3) is 0 Å². The van der Waals surface area contributed by atoms with Crippen LogP contribution in [0.5, 0.6) is 5.75 Å². The summed E-state index contributed by atoms with van der Waals surface area (Å²) in [4.78, 5) is 13.5. The van der Waals surface area contributed by atoms with Gasteiger partial charge in [0.15, 0.2) is 5.60 Å². The van der Waals surface area contributed by atoms with Crippen LogP contribution in [-0.4, -0.2) is 18.6 Å². The number of nitrogens with zero attached hydrogens (tertiary/aromatic N) is 1. The van der Waals surface area contributed by atoms with Crippen molar-refractivity contribution in [3.8, 4) is 5.75 Å². The number of rotatable bonds is 0. The number of carbonyl (C=O) groups is 1. The number of nitrogens with two attached hydrogens (primary N) is 1. The predicted octanol–water partition coefficient (Wildman–Crippen LogP) is 1.40. The van der Waals surface area contributed by atoms with Crippen LogP contribution in [0.3, 0.4) is 0 Å². The fourth-order valence-electron chi connectivity index (χ4n) is 1.80. The number of amides is 1. The van der Waals surface area contributed by atoms with Gasteiger partial charge < -0.3 is 15.4 Å². The van der Waals surface area contributed by atoms with E-state index in [1.807, 2.05) is 12.1 Å². The first-order valence-electron chi connectivity index (χ1n) is 4.79. The molecule has 1 aromatic rings. The van der Waals surface area contributed by atoms with Crippen molar-refractivity contribution in [3.63, 3.8) is 0 Å². The van der Waals surface area contributed by atoms with E-state index in [9.17, 15) is 4.79 Å². The highest BCUT2D eigenvalue weighted by molar-refractivity contribution is 6.04. The molecular weight excluding hydrogens is 192 g/mol. The van der Waals surface area contributed by atoms with E-state index in [0.717, 1.165) is 0 Å². The van der Waals surface area contributed by atoms with Crippen LogP contribution in [0, 0.1) is 0 Å². The zero-order chi connectivity index (χ0) is 11.2. The van der Waals surface area contributed by atoms with Gasteiger partial charge in [0.2, 0.25) is 0 Å². The molecule has 15 heavy (non-hydrogen) atoms. The number of carbonyl (C=O) groups excluding carboxylic acids is 1. The molecule has 0 radical (unpaired) electrons. The number of anilines is 2. The van der Waals surface area contributed by atoms with Gasteiger partial charge >= 0.3 is 0 Å². The maximum atomic E-state index is 11.9. The lowest BCUT2D eigenvalue weighted by atomic mass is 10.0. The molecule has 1 heterocycles. The highest BCUT2D eigenvalue weighted by atomic mass is 16.5. The van der Waals surface area contributed by atoms with Crippen molar-refractivity contribution in [3.05, 3.63) is 18.2 Å². The molecule has 0 aromatic heterocycles. The van der Waals surface area contributed by atoms with Gasteiger partial charge in [-0.25, -0.2) is 0 Å². The summed E-state index contributed by atoms with van der Waals surface area (Å²) in [6.07, 6.45) is 0. The Hall–Kier alpha value is -1.71. The van der Waals surface area contributed by atoms with Crippen LogP contribution in [0.2, 0.25) is 0 Å². The Labute approximate surface area is 88.6 Å². The summed E-state index contributed by atoms with van der Waals surface area (Å²) in [5.41, 5.74) is 6.19. The maximum absolute atomic E-state index is 11.9. The van der Waals surface area contributed by atoms with Gasteiger partial charge in [0.25, 0.3) is 5.91 Å². The average molecular weight is 206 g/mol. The number of benzene rings is 1. The number of fused-ring (bicyclic) bond motifs is 1. The average Bonchev–Trinajstić information content (AvgIpc) is 2.13. The second-order valence-electron chi connectivity index (χ2n) is 4.17. The van der Waals surface area contributed by atoms with E-state index in [-0.39, 0.29) is 5.91 Å². The van der Waals surface area contributed by atoms with Gasteiger partial charge in [-0.15, -0.1) is 0 Å². The van der Waals surface area contributed by atoms with Crippen molar-refractivity contribution >= 4 is 17.3 Å². The first kappa shape index (κ1) is 9.83. The number of hydrogen-bond donors (Lipinski definition) is 1. The molecular formula is C11H14N2O2. The molecule has 2 rings (SSSR count). The van der Waals surface area contributed by atoms with E-state index < -0.39 is 5.60 Å². The van der Waals surface area contributed by atoms with Crippen molar-refractivity contribution in [2.24, 2.45) is 0 Å². The molecule has 0 fully saturated rings. The number of para-hydroxylation sites is 1. The zero-order valence-corrected chi connectivity index (χ0v) is 9.07. The molecule has 0 atom stereocenters. The van der Waals surface area contributed by atoms with Gasteiger partial charge in [0, 0.05) is 7.05 Å². The molecule has 1 aliphatic heterocycles.